The zero-order chi connectivity index (χ0) is 28.3. The molecule has 0 radical (unpaired) electrons. The molecular formula is C29H38FN4O6+. The molecule has 1 unspecified atom stereocenters. The normalized spacial score (nSPS) is 22.7. The van der Waals surface area contributed by atoms with Crippen LogP contribution in [0.2, 0.25) is 0 Å². The Bertz CT molecular complexity index is 1410. The number of benzene rings is 1. The van der Waals surface area contributed by atoms with Crippen molar-refractivity contribution in [3.63, 3.8) is 0 Å². The van der Waals surface area contributed by atoms with Crippen molar-refractivity contribution >= 4 is 17.1 Å². The molecule has 3 aromatic rings. The number of aryl methyl sites for hydroxylation is 1. The molecule has 1 N–H and O–H groups in total. The van der Waals surface area contributed by atoms with Crippen molar-refractivity contribution in [2.24, 2.45) is 0 Å². The summed E-state index contributed by atoms with van der Waals surface area (Å²) in [6.45, 7) is 6.82. The van der Waals surface area contributed by atoms with Crippen LogP contribution in [0.5, 0.6) is 0 Å². The third-order valence-corrected chi connectivity index (χ3v) is 8.42. The number of unbranched alkanes of at least 4 members (excludes halogenated alkanes) is 1. The molecule has 0 saturated carbocycles. The van der Waals surface area contributed by atoms with Gasteiger partial charge in [-0.15, -0.1) is 0 Å². The van der Waals surface area contributed by atoms with E-state index >= 15 is 0 Å². The Morgan fingerprint density at radius 1 is 1.25 bits per heavy atom. The van der Waals surface area contributed by atoms with Gasteiger partial charge in [0, 0.05) is 54.4 Å². The highest BCUT2D eigenvalue weighted by molar-refractivity contribution is 5.79. The number of aliphatic hydroxyl groups excluding tert-OH is 1. The molecule has 5 rings (SSSR count). The fourth-order valence-electron chi connectivity index (χ4n) is 5.96. The minimum atomic E-state index is -0.720. The molecule has 4 heterocycles. The van der Waals surface area contributed by atoms with Gasteiger partial charge in [0.05, 0.1) is 31.9 Å². The van der Waals surface area contributed by atoms with E-state index in [1.807, 2.05) is 13.8 Å². The van der Waals surface area contributed by atoms with E-state index in [1.54, 1.807) is 10.6 Å². The third kappa shape index (κ3) is 5.90. The number of aromatic nitrogens is 3. The molecule has 10 nitrogen and oxygen atoms in total. The highest BCUT2D eigenvalue weighted by atomic mass is 19.1. The minimum absolute atomic E-state index is 0.101. The van der Waals surface area contributed by atoms with E-state index in [4.69, 9.17) is 14.0 Å². The molecule has 2 aliphatic rings. The topological polar surface area (TPSA) is 117 Å². The van der Waals surface area contributed by atoms with Crippen molar-refractivity contribution < 1.29 is 32.8 Å². The Hall–Kier alpha value is -3.31. The second-order valence-corrected chi connectivity index (χ2v) is 11.1. The summed E-state index contributed by atoms with van der Waals surface area (Å²) in [4.78, 5) is 30.3. The van der Waals surface area contributed by atoms with E-state index in [0.717, 1.165) is 43.2 Å². The summed E-state index contributed by atoms with van der Waals surface area (Å²) in [5, 5.41) is 15.4. The fourth-order valence-corrected chi connectivity index (χ4v) is 5.96. The van der Waals surface area contributed by atoms with Crippen LogP contribution in [-0.4, -0.2) is 63.4 Å². The third-order valence-electron chi connectivity index (χ3n) is 8.42. The summed E-state index contributed by atoms with van der Waals surface area (Å²) in [5.41, 5.74) is 2.41. The number of quaternary nitrogens is 1. The number of carbonyl (C=O) groups excluding carboxylic acids is 1. The van der Waals surface area contributed by atoms with Crippen LogP contribution in [0.25, 0.3) is 11.0 Å². The van der Waals surface area contributed by atoms with Crippen LogP contribution in [-0.2, 0) is 22.4 Å². The van der Waals surface area contributed by atoms with Crippen LogP contribution in [0.3, 0.4) is 0 Å². The lowest BCUT2D eigenvalue weighted by Gasteiger charge is -2.42. The van der Waals surface area contributed by atoms with Gasteiger partial charge >= 0.3 is 6.16 Å². The second-order valence-electron chi connectivity index (χ2n) is 11.1. The number of fused-ring (bicyclic) bond motifs is 2. The molecule has 1 aromatic carbocycles. The number of piperidine rings is 1. The molecule has 0 bridgehead atoms. The van der Waals surface area contributed by atoms with Gasteiger partial charge in [-0.3, -0.25) is 13.8 Å². The quantitative estimate of drug-likeness (QED) is 0.232. The number of halogens is 1. The van der Waals surface area contributed by atoms with Crippen molar-refractivity contribution in [2.75, 3.05) is 33.0 Å². The van der Waals surface area contributed by atoms with E-state index in [-0.39, 0.29) is 24.0 Å². The number of aliphatic hydroxyl groups is 1. The Balaban J connectivity index is 1.33. The number of hydrogen-bond donors (Lipinski definition) is 1. The number of nitrogens with zero attached hydrogens (tertiary/aromatic N) is 4. The van der Waals surface area contributed by atoms with Crippen LogP contribution < -0.4 is 5.56 Å². The second kappa shape index (κ2) is 12.1. The highest BCUT2D eigenvalue weighted by Crippen LogP contribution is 2.35. The first-order valence-electron chi connectivity index (χ1n) is 14.3. The van der Waals surface area contributed by atoms with E-state index in [2.05, 4.69) is 10.1 Å². The van der Waals surface area contributed by atoms with Crippen LogP contribution >= 0.6 is 0 Å². The standard InChI is InChI=1S/C29H38FN4O6/c1-3-4-16-38-29(37)39-18-34(15-11-22-19(2)31-27-24(35)6-5-12-33(27)28(22)36)13-9-20(10-14-34)26-23-8-7-21(30)17-25(23)40-32-26/h7-8,17,20,24,35H,3-6,9-16,18H2,1-2H3/q+1. The van der Waals surface area contributed by atoms with Gasteiger partial charge in [-0.25, -0.2) is 14.2 Å². The number of hydrogen-bond acceptors (Lipinski definition) is 8. The lowest BCUT2D eigenvalue weighted by atomic mass is 9.90. The molecule has 11 heteroatoms. The Kier molecular flexibility index (Phi) is 8.51. The van der Waals surface area contributed by atoms with E-state index in [1.165, 1.54) is 12.1 Å². The largest absolute Gasteiger partial charge is 0.512 e. The lowest BCUT2D eigenvalue weighted by molar-refractivity contribution is -0.948. The summed E-state index contributed by atoms with van der Waals surface area (Å²) >= 11 is 0. The van der Waals surface area contributed by atoms with Crippen molar-refractivity contribution in [3.05, 3.63) is 57.1 Å². The SMILES string of the molecule is CCCCOC(=O)OC[N+]1(CCc2c(C)nc3n(c2=O)CCCC3O)CCC(c2noc3cc(F)ccc23)CC1. The monoisotopic (exact) mass is 557 g/mol. The minimum Gasteiger partial charge on any atom is -0.434 e. The summed E-state index contributed by atoms with van der Waals surface area (Å²) in [6.07, 6.45) is 3.62. The summed E-state index contributed by atoms with van der Waals surface area (Å²) < 4.78 is 32.0. The van der Waals surface area contributed by atoms with E-state index in [0.29, 0.717) is 72.8 Å². The average Bonchev–Trinajstić information content (AvgIpc) is 3.36. The molecule has 216 valence electrons. The summed E-state index contributed by atoms with van der Waals surface area (Å²) in [6, 6.07) is 4.47. The van der Waals surface area contributed by atoms with Gasteiger partial charge in [0.2, 0.25) is 6.73 Å². The van der Waals surface area contributed by atoms with Crippen molar-refractivity contribution in [2.45, 2.75) is 77.4 Å². The Morgan fingerprint density at radius 2 is 2.05 bits per heavy atom. The smallest absolute Gasteiger partial charge is 0.434 e. The van der Waals surface area contributed by atoms with Crippen LogP contribution in [0.1, 0.15) is 80.2 Å². The molecular weight excluding hydrogens is 519 g/mol. The predicted octanol–water partition coefficient (Wildman–Crippen LogP) is 4.51. The van der Waals surface area contributed by atoms with Crippen LogP contribution in [0.15, 0.2) is 27.5 Å². The maximum atomic E-state index is 13.6. The van der Waals surface area contributed by atoms with Gasteiger partial charge in [-0.1, -0.05) is 18.5 Å². The lowest BCUT2D eigenvalue weighted by Crippen LogP contribution is -2.55. The average molecular weight is 558 g/mol. The number of rotatable bonds is 9. The highest BCUT2D eigenvalue weighted by Gasteiger charge is 2.38. The Morgan fingerprint density at radius 3 is 2.83 bits per heavy atom. The molecule has 1 atom stereocenters. The zero-order valence-electron chi connectivity index (χ0n) is 23.2. The molecule has 2 aliphatic heterocycles. The Labute approximate surface area is 232 Å². The maximum Gasteiger partial charge on any atom is 0.512 e. The molecule has 0 aliphatic carbocycles. The molecule has 0 spiro atoms. The van der Waals surface area contributed by atoms with Crippen molar-refractivity contribution in [1.82, 2.24) is 14.7 Å². The zero-order valence-corrected chi connectivity index (χ0v) is 23.2. The van der Waals surface area contributed by atoms with Gasteiger partial charge in [0.1, 0.15) is 17.7 Å². The first kappa shape index (κ1) is 28.2. The van der Waals surface area contributed by atoms with E-state index < -0.39 is 12.3 Å². The van der Waals surface area contributed by atoms with Crippen LogP contribution in [0, 0.1) is 12.7 Å². The van der Waals surface area contributed by atoms with Gasteiger partial charge in [-0.05, 0) is 38.3 Å². The predicted molar refractivity (Wildman–Crippen MR) is 144 cm³/mol. The molecule has 1 fully saturated rings. The van der Waals surface area contributed by atoms with Crippen molar-refractivity contribution in [1.29, 1.82) is 0 Å². The molecule has 2 aromatic heterocycles. The van der Waals surface area contributed by atoms with Gasteiger partial charge in [0.25, 0.3) is 5.56 Å². The number of ether oxygens (including phenoxy) is 2. The number of carbonyl (C=O) groups is 1. The molecule has 40 heavy (non-hydrogen) atoms. The maximum absolute atomic E-state index is 13.6. The first-order chi connectivity index (χ1) is 19.3. The van der Waals surface area contributed by atoms with Crippen molar-refractivity contribution in [3.8, 4) is 0 Å². The first-order valence-corrected chi connectivity index (χ1v) is 14.3. The van der Waals surface area contributed by atoms with E-state index in [9.17, 15) is 19.1 Å². The van der Waals surface area contributed by atoms with Gasteiger partial charge < -0.3 is 19.1 Å². The van der Waals surface area contributed by atoms with Gasteiger partial charge in [-0.2, -0.15) is 0 Å². The fraction of sp³-hybridized carbons (Fsp3) is 0.586. The molecule has 0 amide bonds. The number of likely N-dealkylation sites (tertiary alicyclic amines) is 1. The molecule has 1 saturated heterocycles. The summed E-state index contributed by atoms with van der Waals surface area (Å²) in [5.74, 6) is 0.198. The van der Waals surface area contributed by atoms with Gasteiger partial charge in [0.15, 0.2) is 5.58 Å². The summed E-state index contributed by atoms with van der Waals surface area (Å²) in [7, 11) is 0. The van der Waals surface area contributed by atoms with Crippen LogP contribution in [0.4, 0.5) is 9.18 Å².